The van der Waals surface area contributed by atoms with Crippen molar-refractivity contribution in [2.75, 3.05) is 18.6 Å². The molecule has 1 heterocycles. The molecule has 0 amide bonds. The van der Waals surface area contributed by atoms with Crippen LogP contribution in [0.25, 0.3) is 17.0 Å². The highest BCUT2D eigenvalue weighted by Crippen LogP contribution is 2.29. The second-order valence-electron chi connectivity index (χ2n) is 5.05. The number of hydrogen-bond acceptors (Lipinski definition) is 6. The minimum absolute atomic E-state index is 0.255. The zero-order valence-corrected chi connectivity index (χ0v) is 14.6. The number of rotatable bonds is 5. The van der Waals surface area contributed by atoms with Gasteiger partial charge in [0.15, 0.2) is 0 Å². The van der Waals surface area contributed by atoms with Gasteiger partial charge < -0.3 is 15.4 Å². The zero-order chi connectivity index (χ0) is 18.4. The number of esters is 1. The molecule has 2 rings (SSSR count). The normalized spacial score (nSPS) is 11.1. The molecule has 0 aliphatic heterocycles. The Bertz CT molecular complexity index is 900. The molecule has 0 aliphatic carbocycles. The molecule has 0 fully saturated rings. The summed E-state index contributed by atoms with van der Waals surface area (Å²) >= 11 is 6.26. The molecule has 0 unspecified atom stereocenters. The Balaban J connectivity index is 2.74. The van der Waals surface area contributed by atoms with Gasteiger partial charge in [-0.05, 0) is 36.8 Å². The molecular formula is C18H17ClN4O2. The Labute approximate surface area is 150 Å². The SMILES string of the molecule is CCOC(=O)c1cc(N(C)/C=C\N)nc2cc(Cl)c(/C=C/C#N)cc12. The monoisotopic (exact) mass is 356 g/mol. The van der Waals surface area contributed by atoms with Crippen LogP contribution in [0, 0.1) is 11.3 Å². The fourth-order valence-corrected chi connectivity index (χ4v) is 2.49. The third-order valence-electron chi connectivity index (χ3n) is 3.42. The second kappa shape index (κ2) is 8.18. The van der Waals surface area contributed by atoms with Gasteiger partial charge in [0.1, 0.15) is 5.82 Å². The predicted molar refractivity (Wildman–Crippen MR) is 99.1 cm³/mol. The number of fused-ring (bicyclic) bond motifs is 1. The van der Waals surface area contributed by atoms with Crippen molar-refractivity contribution in [2.45, 2.75) is 6.92 Å². The highest BCUT2D eigenvalue weighted by molar-refractivity contribution is 6.33. The molecule has 0 aliphatic rings. The molecule has 1 aromatic heterocycles. The number of carbonyl (C=O) groups is 1. The first-order chi connectivity index (χ1) is 12.0. The van der Waals surface area contributed by atoms with Crippen LogP contribution in [0.1, 0.15) is 22.8 Å². The summed E-state index contributed by atoms with van der Waals surface area (Å²) in [5, 5.41) is 9.72. The summed E-state index contributed by atoms with van der Waals surface area (Å²) in [4.78, 5) is 18.6. The number of aromatic nitrogens is 1. The van der Waals surface area contributed by atoms with Crippen LogP contribution in [0.2, 0.25) is 5.02 Å². The lowest BCUT2D eigenvalue weighted by Crippen LogP contribution is -2.13. The van der Waals surface area contributed by atoms with Gasteiger partial charge in [-0.2, -0.15) is 5.26 Å². The van der Waals surface area contributed by atoms with Crippen LogP contribution in [0.5, 0.6) is 0 Å². The lowest BCUT2D eigenvalue weighted by Gasteiger charge is -2.16. The van der Waals surface area contributed by atoms with E-state index < -0.39 is 5.97 Å². The van der Waals surface area contributed by atoms with Crippen molar-refractivity contribution in [3.05, 3.63) is 52.8 Å². The van der Waals surface area contributed by atoms with Crippen molar-refractivity contribution in [3.63, 3.8) is 0 Å². The number of nitrogens with zero attached hydrogens (tertiary/aromatic N) is 3. The minimum atomic E-state index is -0.459. The summed E-state index contributed by atoms with van der Waals surface area (Å²) in [5.74, 6) is 0.0625. The van der Waals surface area contributed by atoms with Crippen LogP contribution < -0.4 is 10.6 Å². The van der Waals surface area contributed by atoms with E-state index in [2.05, 4.69) is 4.98 Å². The highest BCUT2D eigenvalue weighted by Gasteiger charge is 2.17. The van der Waals surface area contributed by atoms with Gasteiger partial charge in [0.05, 0.1) is 28.8 Å². The molecule has 0 saturated carbocycles. The molecule has 6 nitrogen and oxygen atoms in total. The number of pyridine rings is 1. The largest absolute Gasteiger partial charge is 0.462 e. The first-order valence-corrected chi connectivity index (χ1v) is 7.88. The molecule has 25 heavy (non-hydrogen) atoms. The number of allylic oxidation sites excluding steroid dienone is 1. The molecule has 2 N–H and O–H groups in total. The topological polar surface area (TPSA) is 92.2 Å². The van der Waals surface area contributed by atoms with E-state index in [1.54, 1.807) is 49.3 Å². The Morgan fingerprint density at radius 3 is 2.88 bits per heavy atom. The van der Waals surface area contributed by atoms with Crippen LogP contribution in [0.4, 0.5) is 5.82 Å². The van der Waals surface area contributed by atoms with Gasteiger partial charge >= 0.3 is 5.97 Å². The van der Waals surface area contributed by atoms with E-state index in [1.165, 1.54) is 12.3 Å². The van der Waals surface area contributed by atoms with E-state index >= 15 is 0 Å². The maximum atomic E-state index is 12.4. The molecule has 0 bridgehead atoms. The maximum absolute atomic E-state index is 12.4. The van der Waals surface area contributed by atoms with E-state index in [4.69, 9.17) is 27.3 Å². The molecule has 0 atom stereocenters. The van der Waals surface area contributed by atoms with Crippen LogP contribution in [-0.2, 0) is 4.74 Å². The Hall–Kier alpha value is -3.04. The van der Waals surface area contributed by atoms with E-state index in [0.29, 0.717) is 32.9 Å². The highest BCUT2D eigenvalue weighted by atomic mass is 35.5. The van der Waals surface area contributed by atoms with E-state index in [0.717, 1.165) is 0 Å². The number of ether oxygens (including phenoxy) is 1. The number of halogens is 1. The van der Waals surface area contributed by atoms with Crippen molar-refractivity contribution in [1.29, 1.82) is 5.26 Å². The molecule has 0 spiro atoms. The number of carbonyl (C=O) groups excluding carboxylic acids is 1. The van der Waals surface area contributed by atoms with Gasteiger partial charge in [-0.15, -0.1) is 0 Å². The van der Waals surface area contributed by atoms with Crippen LogP contribution in [0.3, 0.4) is 0 Å². The summed E-state index contributed by atoms with van der Waals surface area (Å²) in [7, 11) is 1.76. The fraction of sp³-hybridized carbons (Fsp3) is 0.167. The third kappa shape index (κ3) is 4.08. The molecule has 1 aromatic carbocycles. The second-order valence-corrected chi connectivity index (χ2v) is 5.46. The molecular weight excluding hydrogens is 340 g/mol. The van der Waals surface area contributed by atoms with Gasteiger partial charge in [0.2, 0.25) is 0 Å². The van der Waals surface area contributed by atoms with Crippen molar-refractivity contribution in [1.82, 2.24) is 4.98 Å². The minimum Gasteiger partial charge on any atom is -0.462 e. The Kier molecular flexibility index (Phi) is 5.98. The lowest BCUT2D eigenvalue weighted by atomic mass is 10.0. The summed E-state index contributed by atoms with van der Waals surface area (Å²) < 4.78 is 5.15. The maximum Gasteiger partial charge on any atom is 0.338 e. The molecule has 7 heteroatoms. The van der Waals surface area contributed by atoms with Crippen LogP contribution in [0.15, 0.2) is 36.7 Å². The average Bonchev–Trinajstić information content (AvgIpc) is 2.59. The van der Waals surface area contributed by atoms with Gasteiger partial charge in [-0.1, -0.05) is 11.6 Å². The summed E-state index contributed by atoms with van der Waals surface area (Å²) in [6.45, 7) is 1.99. The van der Waals surface area contributed by atoms with Crippen LogP contribution >= 0.6 is 11.6 Å². The van der Waals surface area contributed by atoms with E-state index in [1.807, 2.05) is 6.07 Å². The Morgan fingerprint density at radius 1 is 1.48 bits per heavy atom. The first-order valence-electron chi connectivity index (χ1n) is 7.50. The number of nitrogens with two attached hydrogens (primary N) is 1. The van der Waals surface area contributed by atoms with Crippen molar-refractivity contribution in [2.24, 2.45) is 5.73 Å². The number of nitriles is 1. The Morgan fingerprint density at radius 2 is 2.24 bits per heavy atom. The summed E-state index contributed by atoms with van der Waals surface area (Å²) in [6, 6.07) is 6.91. The number of hydrogen-bond donors (Lipinski definition) is 1. The predicted octanol–water partition coefficient (Wildman–Crippen LogP) is 3.47. The molecule has 2 aromatic rings. The van der Waals surface area contributed by atoms with Gasteiger partial charge in [0, 0.05) is 30.9 Å². The third-order valence-corrected chi connectivity index (χ3v) is 3.74. The van der Waals surface area contributed by atoms with Gasteiger partial charge in [0.25, 0.3) is 0 Å². The molecule has 0 radical (unpaired) electrons. The van der Waals surface area contributed by atoms with Crippen molar-refractivity contribution < 1.29 is 9.53 Å². The van der Waals surface area contributed by atoms with Crippen molar-refractivity contribution in [3.8, 4) is 6.07 Å². The molecule has 128 valence electrons. The smallest absolute Gasteiger partial charge is 0.338 e. The number of anilines is 1. The zero-order valence-electron chi connectivity index (χ0n) is 13.9. The average molecular weight is 357 g/mol. The van der Waals surface area contributed by atoms with Gasteiger partial charge in [-0.25, -0.2) is 9.78 Å². The number of benzene rings is 1. The van der Waals surface area contributed by atoms with Crippen molar-refractivity contribution >= 4 is 40.4 Å². The first kappa shape index (κ1) is 18.3. The van der Waals surface area contributed by atoms with Crippen LogP contribution in [-0.4, -0.2) is 24.6 Å². The van der Waals surface area contributed by atoms with E-state index in [9.17, 15) is 4.79 Å². The summed E-state index contributed by atoms with van der Waals surface area (Å²) in [5.41, 5.74) is 6.94. The summed E-state index contributed by atoms with van der Waals surface area (Å²) in [6.07, 6.45) is 5.89. The van der Waals surface area contributed by atoms with Gasteiger partial charge in [-0.3, -0.25) is 0 Å². The quantitative estimate of drug-likeness (QED) is 0.651. The fourth-order valence-electron chi connectivity index (χ4n) is 2.27. The van der Waals surface area contributed by atoms with E-state index in [-0.39, 0.29) is 6.61 Å². The standard InChI is InChI=1S/C18H17ClN4O2/c1-3-25-18(24)14-10-17(23(2)8-7-21)22-16-11-15(19)12(5-4-6-20)9-13(14)16/h4-5,7-11H,3,21H2,1-2H3/b5-4+,8-7-. The molecule has 0 saturated heterocycles. The lowest BCUT2D eigenvalue weighted by molar-refractivity contribution is 0.0528.